The van der Waals surface area contributed by atoms with Gasteiger partial charge in [0.05, 0.1) is 17.2 Å². The minimum atomic E-state index is -4.31. The summed E-state index contributed by atoms with van der Waals surface area (Å²) in [6.07, 6.45) is -3.28. The smallest absolute Gasteiger partial charge is 0.419 e. The topological polar surface area (TPSA) is 13.1 Å². The Balaban J connectivity index is 3.02. The highest BCUT2D eigenvalue weighted by molar-refractivity contribution is 9.08. The van der Waals surface area contributed by atoms with Gasteiger partial charge in [-0.15, -0.1) is 0 Å². The molecule has 1 aromatic rings. The molecule has 0 aliphatic carbocycles. The molecule has 0 aliphatic rings. The first kappa shape index (κ1) is 8.64. The van der Waals surface area contributed by atoms with Gasteiger partial charge in [-0.25, -0.2) is 0 Å². The van der Waals surface area contributed by atoms with Crippen LogP contribution >= 0.6 is 15.9 Å². The van der Waals surface area contributed by atoms with Gasteiger partial charge < -0.3 is 4.42 Å². The van der Waals surface area contributed by atoms with Crippen LogP contribution in [-0.2, 0) is 11.5 Å². The fourth-order valence-corrected chi connectivity index (χ4v) is 1.13. The summed E-state index contributed by atoms with van der Waals surface area (Å²) in [4.78, 5) is 0. The van der Waals surface area contributed by atoms with E-state index in [1.54, 1.807) is 0 Å². The maximum Gasteiger partial charge on any atom is 0.419 e. The zero-order valence-corrected chi connectivity index (χ0v) is 6.87. The van der Waals surface area contributed by atoms with Crippen molar-refractivity contribution >= 4 is 15.9 Å². The van der Waals surface area contributed by atoms with Crippen molar-refractivity contribution < 1.29 is 17.6 Å². The van der Waals surface area contributed by atoms with E-state index in [0.717, 1.165) is 12.3 Å². The van der Waals surface area contributed by atoms with Gasteiger partial charge in [0.1, 0.15) is 5.76 Å². The average molecular weight is 229 g/mol. The van der Waals surface area contributed by atoms with Gasteiger partial charge in [-0.05, 0) is 6.07 Å². The Kier molecular flexibility index (Phi) is 2.27. The molecule has 1 aromatic heterocycles. The van der Waals surface area contributed by atoms with Gasteiger partial charge in [-0.3, -0.25) is 0 Å². The summed E-state index contributed by atoms with van der Waals surface area (Å²) in [6, 6.07) is 0.913. The molecular weight excluding hydrogens is 225 g/mol. The first-order valence-corrected chi connectivity index (χ1v) is 3.87. The third-order valence-corrected chi connectivity index (χ3v) is 1.68. The van der Waals surface area contributed by atoms with Crippen molar-refractivity contribution in [1.82, 2.24) is 0 Å². The largest absolute Gasteiger partial charge is 0.468 e. The third kappa shape index (κ3) is 1.77. The molecule has 62 valence electrons. The van der Waals surface area contributed by atoms with Crippen LogP contribution in [-0.4, -0.2) is 0 Å². The lowest BCUT2D eigenvalue weighted by Gasteiger charge is -2.03. The quantitative estimate of drug-likeness (QED) is 0.674. The summed E-state index contributed by atoms with van der Waals surface area (Å²) >= 11 is 2.89. The van der Waals surface area contributed by atoms with Gasteiger partial charge in [-0.1, -0.05) is 15.9 Å². The Morgan fingerprint density at radius 2 is 2.09 bits per heavy atom. The Bertz CT molecular complexity index is 240. The van der Waals surface area contributed by atoms with Crippen molar-refractivity contribution in [3.05, 3.63) is 23.7 Å². The van der Waals surface area contributed by atoms with E-state index in [4.69, 9.17) is 0 Å². The molecule has 0 spiro atoms. The van der Waals surface area contributed by atoms with Gasteiger partial charge in [0.25, 0.3) is 0 Å². The van der Waals surface area contributed by atoms with Crippen LogP contribution in [0.2, 0.25) is 0 Å². The van der Waals surface area contributed by atoms with Crippen LogP contribution in [0.1, 0.15) is 11.3 Å². The van der Waals surface area contributed by atoms with Crippen molar-refractivity contribution in [2.24, 2.45) is 0 Å². The predicted octanol–water partition coefficient (Wildman–Crippen LogP) is 3.19. The monoisotopic (exact) mass is 228 g/mol. The van der Waals surface area contributed by atoms with Crippen LogP contribution < -0.4 is 0 Å². The van der Waals surface area contributed by atoms with Crippen LogP contribution in [0.25, 0.3) is 0 Å². The Morgan fingerprint density at radius 1 is 1.45 bits per heavy atom. The molecule has 1 nitrogen and oxygen atoms in total. The fraction of sp³-hybridized carbons (Fsp3) is 0.333. The van der Waals surface area contributed by atoms with Crippen molar-refractivity contribution in [3.8, 4) is 0 Å². The summed E-state index contributed by atoms with van der Waals surface area (Å²) in [5, 5.41) is 0.0782. The second kappa shape index (κ2) is 2.89. The summed E-state index contributed by atoms with van der Waals surface area (Å²) in [5.41, 5.74) is -0.714. The van der Waals surface area contributed by atoms with Crippen LogP contribution in [0.5, 0.6) is 0 Å². The van der Waals surface area contributed by atoms with E-state index in [9.17, 15) is 13.2 Å². The third-order valence-electron chi connectivity index (χ3n) is 1.17. The lowest BCUT2D eigenvalue weighted by atomic mass is 10.2. The van der Waals surface area contributed by atoms with E-state index in [0.29, 0.717) is 0 Å². The standard InChI is InChI=1S/C6H4BrF3O/c7-3-5-4(1-2-11-5)6(8,9)10/h1-2H,3H2. The van der Waals surface area contributed by atoms with Gasteiger partial charge in [0.15, 0.2) is 0 Å². The van der Waals surface area contributed by atoms with E-state index >= 15 is 0 Å². The number of hydrogen-bond acceptors (Lipinski definition) is 1. The molecule has 0 atom stereocenters. The minimum Gasteiger partial charge on any atom is -0.468 e. The molecule has 0 aromatic carbocycles. The Hall–Kier alpha value is -0.450. The molecule has 5 heteroatoms. The lowest BCUT2D eigenvalue weighted by molar-refractivity contribution is -0.138. The number of rotatable bonds is 1. The van der Waals surface area contributed by atoms with E-state index in [1.165, 1.54) is 0 Å². The highest BCUT2D eigenvalue weighted by atomic mass is 79.9. The van der Waals surface area contributed by atoms with E-state index in [2.05, 4.69) is 20.3 Å². The molecule has 1 heterocycles. The van der Waals surface area contributed by atoms with Gasteiger partial charge in [-0.2, -0.15) is 13.2 Å². The van der Waals surface area contributed by atoms with Crippen LogP contribution in [0.15, 0.2) is 16.7 Å². The number of halogens is 4. The van der Waals surface area contributed by atoms with Crippen molar-refractivity contribution in [3.63, 3.8) is 0 Å². The Morgan fingerprint density at radius 3 is 2.45 bits per heavy atom. The molecule has 0 aliphatic heterocycles. The average Bonchev–Trinajstić information content (AvgIpc) is 2.31. The van der Waals surface area contributed by atoms with Crippen molar-refractivity contribution in [1.29, 1.82) is 0 Å². The normalized spacial score (nSPS) is 12.0. The first-order chi connectivity index (χ1) is 5.05. The molecule has 0 amide bonds. The first-order valence-electron chi connectivity index (χ1n) is 2.75. The molecule has 0 fully saturated rings. The maximum atomic E-state index is 12.0. The minimum absolute atomic E-state index is 0.0782. The van der Waals surface area contributed by atoms with E-state index in [1.807, 2.05) is 0 Å². The van der Waals surface area contributed by atoms with Crippen LogP contribution in [0.3, 0.4) is 0 Å². The predicted molar refractivity (Wildman–Crippen MR) is 36.3 cm³/mol. The van der Waals surface area contributed by atoms with Crippen LogP contribution in [0.4, 0.5) is 13.2 Å². The fourth-order valence-electron chi connectivity index (χ4n) is 0.697. The SMILES string of the molecule is FC(F)(F)c1ccoc1CBr. The zero-order valence-electron chi connectivity index (χ0n) is 5.28. The number of alkyl halides is 4. The van der Waals surface area contributed by atoms with Crippen LogP contribution in [0, 0.1) is 0 Å². The summed E-state index contributed by atoms with van der Waals surface area (Å²) in [5.74, 6) is -0.0856. The van der Waals surface area contributed by atoms with Gasteiger partial charge >= 0.3 is 6.18 Å². The summed E-state index contributed by atoms with van der Waals surface area (Å²) in [6.45, 7) is 0. The number of furan rings is 1. The molecular formula is C6H4BrF3O. The van der Waals surface area contributed by atoms with Gasteiger partial charge in [0.2, 0.25) is 0 Å². The molecule has 0 radical (unpaired) electrons. The Labute approximate surface area is 69.3 Å². The lowest BCUT2D eigenvalue weighted by Crippen LogP contribution is -2.05. The molecule has 1 rings (SSSR count). The highest BCUT2D eigenvalue weighted by Gasteiger charge is 2.34. The molecule has 0 saturated carbocycles. The number of hydrogen-bond donors (Lipinski definition) is 0. The molecule has 0 bridgehead atoms. The zero-order chi connectivity index (χ0) is 8.48. The second-order valence-electron chi connectivity index (χ2n) is 1.89. The van der Waals surface area contributed by atoms with E-state index < -0.39 is 11.7 Å². The summed E-state index contributed by atoms with van der Waals surface area (Å²) in [7, 11) is 0. The summed E-state index contributed by atoms with van der Waals surface area (Å²) < 4.78 is 40.5. The highest BCUT2D eigenvalue weighted by Crippen LogP contribution is 2.33. The van der Waals surface area contributed by atoms with Crippen molar-refractivity contribution in [2.75, 3.05) is 0 Å². The molecule has 0 N–H and O–H groups in total. The maximum absolute atomic E-state index is 12.0. The molecule has 11 heavy (non-hydrogen) atoms. The second-order valence-corrected chi connectivity index (χ2v) is 2.45. The van der Waals surface area contributed by atoms with Gasteiger partial charge in [0, 0.05) is 0 Å². The molecule has 0 saturated heterocycles. The van der Waals surface area contributed by atoms with E-state index in [-0.39, 0.29) is 11.1 Å². The van der Waals surface area contributed by atoms with Crippen molar-refractivity contribution in [2.45, 2.75) is 11.5 Å². The molecule has 0 unspecified atom stereocenters.